The number of aryl methyl sites for hydroxylation is 1. The number of nitrogens with zero attached hydrogens (tertiary/aromatic N) is 2. The summed E-state index contributed by atoms with van der Waals surface area (Å²) in [7, 11) is -3.51. The molecule has 2 aromatic heterocycles. The molecule has 0 radical (unpaired) electrons. The van der Waals surface area contributed by atoms with Gasteiger partial charge in [0.05, 0.1) is 10.6 Å². The Balaban J connectivity index is 1.59. The summed E-state index contributed by atoms with van der Waals surface area (Å²) in [6.07, 6.45) is -0.202. The average Bonchev–Trinajstić information content (AvgIpc) is 3.23. The lowest BCUT2D eigenvalue weighted by atomic mass is 10.3. The van der Waals surface area contributed by atoms with Crippen molar-refractivity contribution in [3.8, 4) is 11.5 Å². The number of anilines is 1. The zero-order chi connectivity index (χ0) is 17.9. The van der Waals surface area contributed by atoms with Crippen LogP contribution in [-0.4, -0.2) is 30.3 Å². The molecule has 0 saturated heterocycles. The van der Waals surface area contributed by atoms with E-state index >= 15 is 0 Å². The number of aromatic nitrogens is 2. The van der Waals surface area contributed by atoms with Gasteiger partial charge in [0.1, 0.15) is 0 Å². The van der Waals surface area contributed by atoms with E-state index in [1.807, 2.05) is 18.4 Å². The summed E-state index contributed by atoms with van der Waals surface area (Å²) in [5, 5.41) is 11.9. The van der Waals surface area contributed by atoms with Crippen LogP contribution in [-0.2, 0) is 14.6 Å². The third kappa shape index (κ3) is 4.31. The molecular weight excluding hydrogens is 362 g/mol. The molecule has 9 heteroatoms. The molecule has 0 aliphatic rings. The van der Waals surface area contributed by atoms with Crippen molar-refractivity contribution in [1.82, 2.24) is 10.2 Å². The maximum absolute atomic E-state index is 12.2. The predicted octanol–water partition coefficient (Wildman–Crippen LogP) is 2.91. The molecule has 1 N–H and O–H groups in total. The van der Waals surface area contributed by atoms with E-state index in [1.165, 1.54) is 12.1 Å². The minimum atomic E-state index is -3.51. The van der Waals surface area contributed by atoms with Gasteiger partial charge in [0.2, 0.25) is 5.91 Å². The zero-order valence-electron chi connectivity index (χ0n) is 13.3. The van der Waals surface area contributed by atoms with Crippen molar-refractivity contribution in [3.05, 3.63) is 46.7 Å². The Morgan fingerprint density at radius 2 is 2.00 bits per heavy atom. The van der Waals surface area contributed by atoms with Gasteiger partial charge in [-0.15, -0.1) is 16.4 Å². The molecule has 0 saturated carbocycles. The third-order valence-corrected chi connectivity index (χ3v) is 5.94. The largest absolute Gasteiger partial charge is 0.403 e. The summed E-state index contributed by atoms with van der Waals surface area (Å²) in [4.78, 5) is 13.2. The highest BCUT2D eigenvalue weighted by Crippen LogP contribution is 2.25. The fourth-order valence-corrected chi connectivity index (χ4v) is 4.04. The van der Waals surface area contributed by atoms with Gasteiger partial charge in [-0.25, -0.2) is 8.42 Å². The lowest BCUT2D eigenvalue weighted by Crippen LogP contribution is -2.17. The Kier molecular flexibility index (Phi) is 4.95. The van der Waals surface area contributed by atoms with Gasteiger partial charge < -0.3 is 4.42 Å². The Morgan fingerprint density at radius 1 is 1.24 bits per heavy atom. The number of amides is 1. The van der Waals surface area contributed by atoms with Crippen molar-refractivity contribution in [3.63, 3.8) is 0 Å². The van der Waals surface area contributed by atoms with Crippen LogP contribution in [0.3, 0.4) is 0 Å². The summed E-state index contributed by atoms with van der Waals surface area (Å²) >= 11 is 1.55. The number of benzene rings is 1. The van der Waals surface area contributed by atoms with E-state index in [2.05, 4.69) is 15.5 Å². The summed E-state index contributed by atoms with van der Waals surface area (Å²) < 4.78 is 29.7. The lowest BCUT2D eigenvalue weighted by molar-refractivity contribution is -0.115. The molecule has 0 unspecified atom stereocenters. The molecule has 0 aliphatic carbocycles. The van der Waals surface area contributed by atoms with Gasteiger partial charge in [-0.1, -0.05) is 23.3 Å². The highest BCUT2D eigenvalue weighted by molar-refractivity contribution is 7.91. The lowest BCUT2D eigenvalue weighted by Gasteiger charge is -2.03. The standard InChI is InChI=1S/C16H15N3O4S2/c1-11-9-12(10-24-11)15-18-19-16(23-15)17-14(20)7-8-25(21,22)13-5-3-2-4-6-13/h2-6,9-10H,7-8H2,1H3,(H,17,19,20). The summed E-state index contributed by atoms with van der Waals surface area (Å²) in [6, 6.07) is 9.85. The Morgan fingerprint density at radius 3 is 2.68 bits per heavy atom. The van der Waals surface area contributed by atoms with Crippen molar-refractivity contribution in [1.29, 1.82) is 0 Å². The molecular formula is C16H15N3O4S2. The van der Waals surface area contributed by atoms with Gasteiger partial charge in [0.25, 0.3) is 5.89 Å². The molecule has 0 atom stereocenters. The topological polar surface area (TPSA) is 102 Å². The van der Waals surface area contributed by atoms with Crippen LogP contribution in [0.2, 0.25) is 0 Å². The maximum Gasteiger partial charge on any atom is 0.322 e. The van der Waals surface area contributed by atoms with Gasteiger partial charge in [-0.2, -0.15) is 0 Å². The third-order valence-electron chi connectivity index (χ3n) is 3.35. The van der Waals surface area contributed by atoms with Gasteiger partial charge >= 0.3 is 6.01 Å². The van der Waals surface area contributed by atoms with Gasteiger partial charge in [-0.05, 0) is 25.1 Å². The Hall–Kier alpha value is -2.52. The Bertz CT molecular complexity index is 978. The normalized spacial score (nSPS) is 11.4. The van der Waals surface area contributed by atoms with Gasteiger partial charge in [0, 0.05) is 22.2 Å². The number of sulfone groups is 1. The molecule has 0 spiro atoms. The van der Waals surface area contributed by atoms with E-state index in [0.717, 1.165) is 10.4 Å². The van der Waals surface area contributed by atoms with E-state index in [4.69, 9.17) is 4.42 Å². The first-order valence-corrected chi connectivity index (χ1v) is 9.94. The fourth-order valence-electron chi connectivity index (χ4n) is 2.10. The van der Waals surface area contributed by atoms with E-state index in [9.17, 15) is 13.2 Å². The summed E-state index contributed by atoms with van der Waals surface area (Å²) in [5.74, 6) is -0.499. The first-order chi connectivity index (χ1) is 11.9. The van der Waals surface area contributed by atoms with Crippen molar-refractivity contribution >= 4 is 33.1 Å². The highest BCUT2D eigenvalue weighted by Gasteiger charge is 2.18. The van der Waals surface area contributed by atoms with E-state index < -0.39 is 15.7 Å². The number of hydrogen-bond donors (Lipinski definition) is 1. The molecule has 25 heavy (non-hydrogen) atoms. The number of hydrogen-bond acceptors (Lipinski definition) is 7. The molecule has 0 fully saturated rings. The minimum Gasteiger partial charge on any atom is -0.403 e. The van der Waals surface area contributed by atoms with E-state index in [1.54, 1.807) is 29.5 Å². The minimum absolute atomic E-state index is 0.0547. The highest BCUT2D eigenvalue weighted by atomic mass is 32.2. The van der Waals surface area contributed by atoms with Crippen LogP contribution in [0.25, 0.3) is 11.5 Å². The van der Waals surface area contributed by atoms with Crippen LogP contribution < -0.4 is 5.32 Å². The SMILES string of the molecule is Cc1cc(-c2nnc(NC(=O)CCS(=O)(=O)c3ccccc3)o2)cs1. The number of nitrogens with one attached hydrogen (secondary N) is 1. The molecule has 1 amide bonds. The number of carbonyl (C=O) groups excluding carboxylic acids is 1. The second kappa shape index (κ2) is 7.16. The Labute approximate surface area is 148 Å². The molecule has 0 aliphatic heterocycles. The van der Waals surface area contributed by atoms with Crippen LogP contribution >= 0.6 is 11.3 Å². The number of thiophene rings is 1. The molecule has 1 aromatic carbocycles. The van der Waals surface area contributed by atoms with Crippen molar-refractivity contribution in [2.45, 2.75) is 18.2 Å². The maximum atomic E-state index is 12.2. The predicted molar refractivity (Wildman–Crippen MR) is 94.1 cm³/mol. The molecule has 2 heterocycles. The molecule has 3 aromatic rings. The molecule has 0 bridgehead atoms. The first kappa shape index (κ1) is 17.3. The second-order valence-corrected chi connectivity index (χ2v) is 8.51. The number of rotatable bonds is 6. The summed E-state index contributed by atoms with van der Waals surface area (Å²) in [6.45, 7) is 1.96. The van der Waals surface area contributed by atoms with E-state index in [0.29, 0.717) is 5.89 Å². The van der Waals surface area contributed by atoms with Crippen molar-refractivity contribution < 1.29 is 17.6 Å². The van der Waals surface area contributed by atoms with Gasteiger partial charge in [0.15, 0.2) is 9.84 Å². The van der Waals surface area contributed by atoms with E-state index in [-0.39, 0.29) is 23.1 Å². The second-order valence-electron chi connectivity index (χ2n) is 5.29. The first-order valence-electron chi connectivity index (χ1n) is 7.41. The zero-order valence-corrected chi connectivity index (χ0v) is 14.9. The quantitative estimate of drug-likeness (QED) is 0.709. The van der Waals surface area contributed by atoms with Crippen LogP contribution in [0, 0.1) is 6.92 Å². The monoisotopic (exact) mass is 377 g/mol. The van der Waals surface area contributed by atoms with Crippen molar-refractivity contribution in [2.24, 2.45) is 0 Å². The molecule has 3 rings (SSSR count). The summed E-state index contributed by atoms with van der Waals surface area (Å²) in [5.41, 5.74) is 0.780. The van der Waals surface area contributed by atoms with Crippen molar-refractivity contribution in [2.75, 3.05) is 11.1 Å². The van der Waals surface area contributed by atoms with Crippen LogP contribution in [0.1, 0.15) is 11.3 Å². The van der Waals surface area contributed by atoms with Crippen LogP contribution in [0.4, 0.5) is 6.01 Å². The molecule has 130 valence electrons. The van der Waals surface area contributed by atoms with Crippen LogP contribution in [0.5, 0.6) is 0 Å². The molecule has 7 nitrogen and oxygen atoms in total. The average molecular weight is 377 g/mol. The smallest absolute Gasteiger partial charge is 0.322 e. The van der Waals surface area contributed by atoms with Gasteiger partial charge in [-0.3, -0.25) is 10.1 Å². The fraction of sp³-hybridized carbons (Fsp3) is 0.188. The number of carbonyl (C=O) groups is 1. The van der Waals surface area contributed by atoms with Crippen LogP contribution in [0.15, 0.2) is 51.1 Å².